The molecule has 0 N–H and O–H groups in total. The third kappa shape index (κ3) is 2.82. The van der Waals surface area contributed by atoms with Crippen molar-refractivity contribution in [1.29, 1.82) is 0 Å². The molecule has 0 aliphatic rings. The van der Waals surface area contributed by atoms with Gasteiger partial charge in [-0.25, -0.2) is 4.98 Å². The van der Waals surface area contributed by atoms with Crippen LogP contribution < -0.4 is 0 Å². The van der Waals surface area contributed by atoms with Gasteiger partial charge in [-0.05, 0) is 30.7 Å². The lowest BCUT2D eigenvalue weighted by atomic mass is 10.2. The summed E-state index contributed by atoms with van der Waals surface area (Å²) in [5.74, 6) is 6.42. The number of imidazole rings is 1. The normalized spacial score (nSPS) is 10.5. The van der Waals surface area contributed by atoms with E-state index in [1.165, 1.54) is 0 Å². The first-order valence-corrected chi connectivity index (χ1v) is 8.65. The highest BCUT2D eigenvalue weighted by atomic mass is 32.1. The summed E-state index contributed by atoms with van der Waals surface area (Å²) in [5, 5.41) is 0. The zero-order valence-corrected chi connectivity index (χ0v) is 14.0. The molecule has 0 amide bonds. The Hall–Kier alpha value is -2.90. The Morgan fingerprint density at radius 2 is 1.96 bits per heavy atom. The zero-order chi connectivity index (χ0) is 16.4. The molecule has 4 rings (SSSR count). The Bertz CT molecular complexity index is 1050. The topological polar surface area (TPSA) is 30.2 Å². The van der Waals surface area contributed by atoms with Crippen LogP contribution in [0.2, 0.25) is 0 Å². The monoisotopic (exact) mass is 329 g/mol. The minimum Gasteiger partial charge on any atom is -0.303 e. The van der Waals surface area contributed by atoms with E-state index >= 15 is 0 Å². The van der Waals surface area contributed by atoms with Gasteiger partial charge in [0, 0.05) is 24.2 Å². The van der Waals surface area contributed by atoms with Gasteiger partial charge in [-0.1, -0.05) is 37.0 Å². The molecule has 116 valence electrons. The molecule has 0 aliphatic heterocycles. The van der Waals surface area contributed by atoms with Crippen LogP contribution in [0.25, 0.3) is 16.2 Å². The largest absolute Gasteiger partial charge is 0.303 e. The number of hydrogen-bond donors (Lipinski definition) is 0. The molecule has 0 unspecified atom stereocenters. The van der Waals surface area contributed by atoms with Crippen LogP contribution in [0.5, 0.6) is 0 Å². The highest BCUT2D eigenvalue weighted by molar-refractivity contribution is 7.16. The predicted molar refractivity (Wildman–Crippen MR) is 98.1 cm³/mol. The van der Waals surface area contributed by atoms with Crippen LogP contribution >= 0.6 is 11.3 Å². The van der Waals surface area contributed by atoms with Crippen molar-refractivity contribution in [3.63, 3.8) is 0 Å². The Morgan fingerprint density at radius 1 is 1.08 bits per heavy atom. The summed E-state index contributed by atoms with van der Waals surface area (Å²) < 4.78 is 2.04. The van der Waals surface area contributed by atoms with Crippen molar-refractivity contribution >= 4 is 17.0 Å². The van der Waals surface area contributed by atoms with Gasteiger partial charge in [0.25, 0.3) is 0 Å². The molecule has 0 saturated carbocycles. The number of rotatable bonds is 2. The van der Waals surface area contributed by atoms with Gasteiger partial charge in [0.05, 0.1) is 21.1 Å². The van der Waals surface area contributed by atoms with Crippen molar-refractivity contribution in [2.75, 3.05) is 0 Å². The van der Waals surface area contributed by atoms with Gasteiger partial charge in [0.2, 0.25) is 0 Å². The maximum Gasteiger partial charge on any atom is 0.159 e. The van der Waals surface area contributed by atoms with E-state index in [4.69, 9.17) is 4.98 Å². The molecule has 1 aromatic carbocycles. The fourth-order valence-electron chi connectivity index (χ4n) is 2.54. The van der Waals surface area contributed by atoms with Gasteiger partial charge in [-0.2, -0.15) is 0 Å². The van der Waals surface area contributed by atoms with Gasteiger partial charge in [-0.15, -0.1) is 11.3 Å². The lowest BCUT2D eigenvalue weighted by Gasteiger charge is -1.96. The number of fused-ring (bicyclic) bond motifs is 1. The standard InChI is InChI=1S/C20H15N3S/c1-2-17-20-22-18(14-23(20)13-12-21-17)19-11-10-16(24-19)9-8-15-6-4-3-5-7-15/h3-7,10-14H,2H2,1H3. The highest BCUT2D eigenvalue weighted by Crippen LogP contribution is 2.27. The molecule has 0 bridgehead atoms. The van der Waals surface area contributed by atoms with E-state index in [-0.39, 0.29) is 0 Å². The van der Waals surface area contributed by atoms with Crippen molar-refractivity contribution < 1.29 is 0 Å². The summed E-state index contributed by atoms with van der Waals surface area (Å²) in [5.41, 5.74) is 3.94. The maximum absolute atomic E-state index is 4.75. The maximum atomic E-state index is 4.75. The SMILES string of the molecule is CCc1nccn2cc(-c3ccc(C#Cc4ccccc4)s3)nc12. The van der Waals surface area contributed by atoms with Crippen molar-refractivity contribution in [3.05, 3.63) is 77.2 Å². The Balaban J connectivity index is 1.67. The molecule has 0 aliphatic carbocycles. The summed E-state index contributed by atoms with van der Waals surface area (Å²) >= 11 is 1.66. The van der Waals surface area contributed by atoms with Crippen LogP contribution in [-0.4, -0.2) is 14.4 Å². The Morgan fingerprint density at radius 3 is 2.79 bits per heavy atom. The third-order valence-electron chi connectivity index (χ3n) is 3.75. The first kappa shape index (κ1) is 14.7. The molecule has 4 aromatic rings. The molecule has 3 heterocycles. The van der Waals surface area contributed by atoms with Crippen molar-refractivity contribution in [2.24, 2.45) is 0 Å². The average Bonchev–Trinajstić information content (AvgIpc) is 3.27. The molecule has 0 spiro atoms. The second kappa shape index (κ2) is 6.31. The minimum absolute atomic E-state index is 0.874. The summed E-state index contributed by atoms with van der Waals surface area (Å²) in [4.78, 5) is 11.3. The van der Waals surface area contributed by atoms with E-state index < -0.39 is 0 Å². The molecule has 3 aromatic heterocycles. The third-order valence-corrected chi connectivity index (χ3v) is 4.77. The van der Waals surface area contributed by atoms with E-state index in [1.54, 1.807) is 11.3 Å². The Kier molecular flexibility index (Phi) is 3.86. The summed E-state index contributed by atoms with van der Waals surface area (Å²) in [6.45, 7) is 2.10. The van der Waals surface area contributed by atoms with E-state index in [0.29, 0.717) is 0 Å². The number of benzene rings is 1. The van der Waals surface area contributed by atoms with E-state index in [1.807, 2.05) is 47.1 Å². The fourth-order valence-corrected chi connectivity index (χ4v) is 3.35. The molecule has 0 radical (unpaired) electrons. The predicted octanol–water partition coefficient (Wildman–Crippen LogP) is 4.42. The second-order valence-corrected chi connectivity index (χ2v) is 6.45. The number of nitrogens with zero attached hydrogens (tertiary/aromatic N) is 3. The number of aromatic nitrogens is 3. The second-order valence-electron chi connectivity index (χ2n) is 5.36. The van der Waals surface area contributed by atoms with Crippen LogP contribution in [-0.2, 0) is 6.42 Å². The molecule has 0 saturated heterocycles. The summed E-state index contributed by atoms with van der Waals surface area (Å²) in [6, 6.07) is 14.2. The van der Waals surface area contributed by atoms with Gasteiger partial charge < -0.3 is 4.40 Å². The quantitative estimate of drug-likeness (QED) is 0.510. The number of thiophene rings is 1. The molecule has 0 atom stereocenters. The lowest BCUT2D eigenvalue weighted by molar-refractivity contribution is 0.993. The van der Waals surface area contributed by atoms with E-state index in [2.05, 4.69) is 42.1 Å². The van der Waals surface area contributed by atoms with Crippen LogP contribution in [0, 0.1) is 11.8 Å². The van der Waals surface area contributed by atoms with Gasteiger partial charge in [0.1, 0.15) is 0 Å². The molecular weight excluding hydrogens is 314 g/mol. The van der Waals surface area contributed by atoms with E-state index in [0.717, 1.165) is 38.8 Å². The van der Waals surface area contributed by atoms with Crippen LogP contribution in [0.4, 0.5) is 0 Å². The van der Waals surface area contributed by atoms with Gasteiger partial charge >= 0.3 is 0 Å². The first-order chi connectivity index (χ1) is 11.8. The molecule has 3 nitrogen and oxygen atoms in total. The van der Waals surface area contributed by atoms with Crippen molar-refractivity contribution in [3.8, 4) is 22.4 Å². The van der Waals surface area contributed by atoms with Crippen molar-refractivity contribution in [1.82, 2.24) is 14.4 Å². The molecule has 4 heteroatoms. The number of hydrogen-bond acceptors (Lipinski definition) is 3. The molecular formula is C20H15N3S. The Labute approximate surface area is 144 Å². The van der Waals surface area contributed by atoms with Crippen LogP contribution in [0.3, 0.4) is 0 Å². The highest BCUT2D eigenvalue weighted by Gasteiger charge is 2.09. The lowest BCUT2D eigenvalue weighted by Crippen LogP contribution is -1.92. The smallest absolute Gasteiger partial charge is 0.159 e. The van der Waals surface area contributed by atoms with E-state index in [9.17, 15) is 0 Å². The van der Waals surface area contributed by atoms with Gasteiger partial charge in [0.15, 0.2) is 5.65 Å². The zero-order valence-electron chi connectivity index (χ0n) is 13.2. The number of aryl methyl sites for hydroxylation is 1. The van der Waals surface area contributed by atoms with Crippen LogP contribution in [0.1, 0.15) is 23.1 Å². The summed E-state index contributed by atoms with van der Waals surface area (Å²) in [7, 11) is 0. The summed E-state index contributed by atoms with van der Waals surface area (Å²) in [6.07, 6.45) is 6.69. The average molecular weight is 329 g/mol. The molecule has 0 fully saturated rings. The van der Waals surface area contributed by atoms with Crippen LogP contribution in [0.15, 0.2) is 61.1 Å². The van der Waals surface area contributed by atoms with Gasteiger partial charge in [-0.3, -0.25) is 4.98 Å². The van der Waals surface area contributed by atoms with Crippen molar-refractivity contribution in [2.45, 2.75) is 13.3 Å². The molecule has 24 heavy (non-hydrogen) atoms. The minimum atomic E-state index is 0.874. The first-order valence-electron chi connectivity index (χ1n) is 7.83. The fraction of sp³-hybridized carbons (Fsp3) is 0.100.